The molecule has 0 spiro atoms. The molecular weight excluding hydrogens is 318 g/mol. The maximum absolute atomic E-state index is 12.8. The molecule has 2 saturated heterocycles. The number of carbonyl (C=O) groups is 2. The van der Waals surface area contributed by atoms with Crippen LogP contribution in [-0.2, 0) is 9.53 Å². The predicted molar refractivity (Wildman–Crippen MR) is 92.3 cm³/mol. The number of carbonyl (C=O) groups excluding carboxylic acids is 2. The van der Waals surface area contributed by atoms with Crippen molar-refractivity contribution in [1.29, 1.82) is 0 Å². The highest BCUT2D eigenvalue weighted by molar-refractivity contribution is 5.95. The second-order valence-corrected chi connectivity index (χ2v) is 7.41. The topological polar surface area (TPSA) is 80.3 Å². The van der Waals surface area contributed by atoms with E-state index in [1.54, 1.807) is 0 Å². The first kappa shape index (κ1) is 16.5. The van der Waals surface area contributed by atoms with Gasteiger partial charge in [-0.15, -0.1) is 0 Å². The Balaban J connectivity index is 1.47. The minimum atomic E-state index is -0.147. The van der Waals surface area contributed by atoms with Gasteiger partial charge in [-0.25, -0.2) is 0 Å². The number of hydrogen-bond acceptors (Lipinski definition) is 4. The van der Waals surface area contributed by atoms with Gasteiger partial charge in [-0.1, -0.05) is 0 Å². The zero-order valence-corrected chi connectivity index (χ0v) is 14.6. The third-order valence-electron chi connectivity index (χ3n) is 5.47. The monoisotopic (exact) mass is 343 g/mol. The quantitative estimate of drug-likeness (QED) is 0.874. The van der Waals surface area contributed by atoms with Gasteiger partial charge in [0.2, 0.25) is 5.91 Å². The first-order chi connectivity index (χ1) is 12.1. The van der Waals surface area contributed by atoms with Crippen LogP contribution in [0.5, 0.6) is 0 Å². The highest BCUT2D eigenvalue weighted by Gasteiger charge is 2.38. The molecule has 3 heterocycles. The Morgan fingerprint density at radius 1 is 1.28 bits per heavy atom. The number of ether oxygens (including phenoxy) is 1. The SMILES string of the molecule is Cc1nc(C2CC2)ccc1C(=O)NC1CCC(=O)NC1C1CCCO1. The van der Waals surface area contributed by atoms with E-state index in [2.05, 4.69) is 15.6 Å². The Hall–Kier alpha value is -1.95. The number of nitrogens with one attached hydrogen (secondary N) is 2. The van der Waals surface area contributed by atoms with E-state index in [-0.39, 0.29) is 30.0 Å². The molecule has 6 heteroatoms. The third-order valence-corrected chi connectivity index (χ3v) is 5.47. The smallest absolute Gasteiger partial charge is 0.253 e. The molecule has 0 aromatic carbocycles. The van der Waals surface area contributed by atoms with Gasteiger partial charge in [0.05, 0.1) is 29.4 Å². The first-order valence-corrected chi connectivity index (χ1v) is 9.31. The molecule has 0 radical (unpaired) electrons. The molecule has 2 amide bonds. The average molecular weight is 343 g/mol. The molecule has 1 saturated carbocycles. The van der Waals surface area contributed by atoms with Gasteiger partial charge in [0.25, 0.3) is 5.91 Å². The molecule has 1 aliphatic carbocycles. The highest BCUT2D eigenvalue weighted by atomic mass is 16.5. The van der Waals surface area contributed by atoms with Crippen LogP contribution in [0.2, 0.25) is 0 Å². The van der Waals surface area contributed by atoms with Crippen molar-refractivity contribution < 1.29 is 14.3 Å². The molecule has 3 atom stereocenters. The number of aromatic nitrogens is 1. The molecule has 3 fully saturated rings. The summed E-state index contributed by atoms with van der Waals surface area (Å²) in [5.41, 5.74) is 2.49. The van der Waals surface area contributed by atoms with Gasteiger partial charge in [-0.2, -0.15) is 0 Å². The van der Waals surface area contributed by atoms with Crippen molar-refractivity contribution in [3.05, 3.63) is 29.1 Å². The van der Waals surface area contributed by atoms with Gasteiger partial charge in [-0.3, -0.25) is 14.6 Å². The Kier molecular flexibility index (Phi) is 4.46. The van der Waals surface area contributed by atoms with Crippen molar-refractivity contribution in [3.63, 3.8) is 0 Å². The summed E-state index contributed by atoms with van der Waals surface area (Å²) in [5.74, 6) is 0.502. The molecule has 2 N–H and O–H groups in total. The number of piperidine rings is 1. The third kappa shape index (κ3) is 3.54. The number of hydrogen-bond donors (Lipinski definition) is 2. The van der Waals surface area contributed by atoms with Crippen LogP contribution in [0.1, 0.15) is 66.2 Å². The summed E-state index contributed by atoms with van der Waals surface area (Å²) in [6, 6.07) is 3.61. The van der Waals surface area contributed by atoms with Crippen molar-refractivity contribution in [2.45, 2.75) is 69.6 Å². The van der Waals surface area contributed by atoms with E-state index in [0.29, 0.717) is 24.3 Å². The predicted octanol–water partition coefficient (Wildman–Crippen LogP) is 1.82. The van der Waals surface area contributed by atoms with E-state index in [4.69, 9.17) is 4.74 Å². The molecule has 4 rings (SSSR count). The fourth-order valence-corrected chi connectivity index (χ4v) is 3.90. The lowest BCUT2D eigenvalue weighted by Gasteiger charge is -2.36. The van der Waals surface area contributed by atoms with Crippen LogP contribution in [0.25, 0.3) is 0 Å². The van der Waals surface area contributed by atoms with Crippen molar-refractivity contribution >= 4 is 11.8 Å². The van der Waals surface area contributed by atoms with E-state index in [1.807, 2.05) is 19.1 Å². The minimum absolute atomic E-state index is 0.00832. The van der Waals surface area contributed by atoms with Crippen LogP contribution in [0.4, 0.5) is 0 Å². The lowest BCUT2D eigenvalue weighted by molar-refractivity contribution is -0.125. The summed E-state index contributed by atoms with van der Waals surface area (Å²) in [5, 5.41) is 6.13. The fourth-order valence-electron chi connectivity index (χ4n) is 3.90. The summed E-state index contributed by atoms with van der Waals surface area (Å²) in [6.07, 6.45) is 5.40. The number of aryl methyl sites for hydroxylation is 1. The molecule has 2 aliphatic heterocycles. The Bertz CT molecular complexity index is 680. The van der Waals surface area contributed by atoms with E-state index >= 15 is 0 Å². The average Bonchev–Trinajstić information content (AvgIpc) is 3.31. The Labute approximate surface area is 147 Å². The van der Waals surface area contributed by atoms with Crippen LogP contribution < -0.4 is 10.6 Å². The molecule has 134 valence electrons. The fraction of sp³-hybridized carbons (Fsp3) is 0.632. The highest BCUT2D eigenvalue weighted by Crippen LogP contribution is 2.39. The maximum atomic E-state index is 12.8. The van der Waals surface area contributed by atoms with Gasteiger partial charge < -0.3 is 15.4 Å². The molecule has 1 aromatic heterocycles. The summed E-state index contributed by atoms with van der Waals surface area (Å²) in [7, 11) is 0. The zero-order valence-electron chi connectivity index (χ0n) is 14.6. The minimum Gasteiger partial charge on any atom is -0.376 e. The molecular formula is C19H25N3O3. The van der Waals surface area contributed by atoms with Gasteiger partial charge >= 0.3 is 0 Å². The molecule has 0 bridgehead atoms. The van der Waals surface area contributed by atoms with Crippen LogP contribution in [-0.4, -0.2) is 41.6 Å². The number of pyridine rings is 1. The Morgan fingerprint density at radius 2 is 2.12 bits per heavy atom. The van der Waals surface area contributed by atoms with Crippen molar-refractivity contribution in [1.82, 2.24) is 15.6 Å². The summed E-state index contributed by atoms with van der Waals surface area (Å²) >= 11 is 0. The largest absolute Gasteiger partial charge is 0.376 e. The molecule has 3 aliphatic rings. The van der Waals surface area contributed by atoms with E-state index in [9.17, 15) is 9.59 Å². The van der Waals surface area contributed by atoms with E-state index in [1.165, 1.54) is 12.8 Å². The van der Waals surface area contributed by atoms with Gasteiger partial charge in [0.1, 0.15) is 0 Å². The van der Waals surface area contributed by atoms with E-state index < -0.39 is 0 Å². The van der Waals surface area contributed by atoms with Gasteiger partial charge in [-0.05, 0) is 51.2 Å². The summed E-state index contributed by atoms with van der Waals surface area (Å²) < 4.78 is 5.75. The second-order valence-electron chi connectivity index (χ2n) is 7.41. The normalized spacial score (nSPS) is 29.3. The van der Waals surface area contributed by atoms with Crippen molar-refractivity contribution in [2.24, 2.45) is 0 Å². The summed E-state index contributed by atoms with van der Waals surface area (Å²) in [6.45, 7) is 2.62. The maximum Gasteiger partial charge on any atom is 0.253 e. The lowest BCUT2D eigenvalue weighted by atomic mass is 9.92. The van der Waals surface area contributed by atoms with Crippen LogP contribution in [0.3, 0.4) is 0 Å². The molecule has 6 nitrogen and oxygen atoms in total. The number of nitrogens with zero attached hydrogens (tertiary/aromatic N) is 1. The lowest BCUT2D eigenvalue weighted by Crippen LogP contribution is -2.60. The van der Waals surface area contributed by atoms with E-state index in [0.717, 1.165) is 30.8 Å². The van der Waals surface area contributed by atoms with Gasteiger partial charge in [0, 0.05) is 24.6 Å². The van der Waals surface area contributed by atoms with Crippen LogP contribution in [0.15, 0.2) is 12.1 Å². The van der Waals surface area contributed by atoms with Crippen LogP contribution >= 0.6 is 0 Å². The number of amides is 2. The Morgan fingerprint density at radius 3 is 2.80 bits per heavy atom. The zero-order chi connectivity index (χ0) is 17.4. The molecule has 3 unspecified atom stereocenters. The molecule has 1 aromatic rings. The first-order valence-electron chi connectivity index (χ1n) is 9.31. The van der Waals surface area contributed by atoms with Crippen LogP contribution in [0, 0.1) is 6.92 Å². The second kappa shape index (κ2) is 6.75. The van der Waals surface area contributed by atoms with Crippen molar-refractivity contribution in [3.8, 4) is 0 Å². The molecule has 25 heavy (non-hydrogen) atoms. The van der Waals surface area contributed by atoms with Crippen molar-refractivity contribution in [2.75, 3.05) is 6.61 Å². The number of rotatable bonds is 4. The standard InChI is InChI=1S/C19H25N3O3/c1-11-13(6-7-14(20-11)12-4-5-12)19(24)21-15-8-9-17(23)22-18(15)16-3-2-10-25-16/h6-7,12,15-16,18H,2-5,8-10H2,1H3,(H,21,24)(H,22,23). The summed E-state index contributed by atoms with van der Waals surface area (Å²) in [4.78, 5) is 29.2. The van der Waals surface area contributed by atoms with Gasteiger partial charge in [0.15, 0.2) is 0 Å².